The average Bonchev–Trinajstić information content (AvgIpc) is 2.72. The Hall–Kier alpha value is -1.36. The summed E-state index contributed by atoms with van der Waals surface area (Å²) in [6.07, 6.45) is 3.89. The summed E-state index contributed by atoms with van der Waals surface area (Å²) in [5.74, 6) is 1.12. The lowest BCUT2D eigenvalue weighted by Crippen LogP contribution is -2.17. The molecule has 82 valence electrons. The molecule has 1 saturated heterocycles. The first-order chi connectivity index (χ1) is 7.25. The fourth-order valence-electron chi connectivity index (χ4n) is 1.52. The Morgan fingerprint density at radius 2 is 2.53 bits per heavy atom. The molecule has 1 unspecified atom stereocenters. The maximum absolute atomic E-state index is 5.68. The highest BCUT2D eigenvalue weighted by Gasteiger charge is 2.16. The van der Waals surface area contributed by atoms with E-state index in [9.17, 15) is 0 Å². The lowest BCUT2D eigenvalue weighted by atomic mass is 10.2. The molecule has 2 N–H and O–H groups in total. The first-order valence-electron chi connectivity index (χ1n) is 5.09. The molecule has 2 rings (SSSR count). The van der Waals surface area contributed by atoms with Crippen molar-refractivity contribution in [1.29, 1.82) is 0 Å². The second kappa shape index (κ2) is 4.44. The first kappa shape index (κ1) is 10.2. The zero-order valence-corrected chi connectivity index (χ0v) is 8.77. The molecule has 1 aliphatic heterocycles. The van der Waals surface area contributed by atoms with E-state index in [0.717, 1.165) is 19.4 Å². The summed E-state index contributed by atoms with van der Waals surface area (Å²) >= 11 is 0. The van der Waals surface area contributed by atoms with E-state index in [1.165, 1.54) is 0 Å². The summed E-state index contributed by atoms with van der Waals surface area (Å²) in [5, 5.41) is 0. The van der Waals surface area contributed by atoms with Crippen molar-refractivity contribution in [2.24, 2.45) is 0 Å². The van der Waals surface area contributed by atoms with Crippen molar-refractivity contribution in [1.82, 2.24) is 9.97 Å². The number of nitrogens with zero attached hydrogens (tertiary/aromatic N) is 2. The molecule has 5 heteroatoms. The van der Waals surface area contributed by atoms with Gasteiger partial charge in [-0.15, -0.1) is 0 Å². The molecule has 0 aromatic carbocycles. The van der Waals surface area contributed by atoms with Crippen LogP contribution in [-0.2, 0) is 4.74 Å². The van der Waals surface area contributed by atoms with Crippen LogP contribution in [0.15, 0.2) is 6.20 Å². The van der Waals surface area contributed by atoms with Crippen LogP contribution in [-0.4, -0.2) is 29.3 Å². The Kier molecular flexibility index (Phi) is 3.01. The Morgan fingerprint density at radius 1 is 1.67 bits per heavy atom. The van der Waals surface area contributed by atoms with Crippen molar-refractivity contribution in [2.45, 2.75) is 25.9 Å². The van der Waals surface area contributed by atoms with Gasteiger partial charge in [-0.3, -0.25) is 0 Å². The number of nitrogens with two attached hydrogens (primary N) is 1. The number of anilines is 1. The third kappa shape index (κ3) is 2.56. The van der Waals surface area contributed by atoms with Crippen LogP contribution < -0.4 is 10.5 Å². The van der Waals surface area contributed by atoms with Crippen LogP contribution in [0.3, 0.4) is 0 Å². The molecule has 0 amide bonds. The zero-order valence-electron chi connectivity index (χ0n) is 8.77. The van der Waals surface area contributed by atoms with E-state index in [1.54, 1.807) is 13.1 Å². The highest BCUT2D eigenvalue weighted by Crippen LogP contribution is 2.19. The SMILES string of the molecule is Cc1ncc(N)c(OCC2CCCO2)n1. The molecule has 0 spiro atoms. The van der Waals surface area contributed by atoms with Crippen LogP contribution in [0.1, 0.15) is 18.7 Å². The van der Waals surface area contributed by atoms with Crippen LogP contribution in [0.25, 0.3) is 0 Å². The van der Waals surface area contributed by atoms with Gasteiger partial charge in [0.15, 0.2) is 0 Å². The molecule has 1 aromatic heterocycles. The summed E-state index contributed by atoms with van der Waals surface area (Å²) in [6, 6.07) is 0. The molecular formula is C10H15N3O2. The van der Waals surface area contributed by atoms with Crippen molar-refractivity contribution >= 4 is 5.69 Å². The molecule has 1 fully saturated rings. The summed E-state index contributed by atoms with van der Waals surface area (Å²) in [6.45, 7) is 3.14. The normalized spacial score (nSPS) is 20.5. The summed E-state index contributed by atoms with van der Waals surface area (Å²) < 4.78 is 10.9. The molecule has 2 heterocycles. The van der Waals surface area contributed by atoms with Crippen LogP contribution in [0.4, 0.5) is 5.69 Å². The average molecular weight is 209 g/mol. The number of hydrogen-bond acceptors (Lipinski definition) is 5. The maximum atomic E-state index is 5.68. The van der Waals surface area contributed by atoms with Crippen LogP contribution in [0.5, 0.6) is 5.88 Å². The molecule has 15 heavy (non-hydrogen) atoms. The van der Waals surface area contributed by atoms with Gasteiger partial charge in [-0.25, -0.2) is 4.98 Å². The van der Waals surface area contributed by atoms with E-state index < -0.39 is 0 Å². The third-order valence-electron chi connectivity index (χ3n) is 2.33. The summed E-state index contributed by atoms with van der Waals surface area (Å²) in [7, 11) is 0. The van der Waals surface area contributed by atoms with E-state index in [0.29, 0.717) is 24.0 Å². The highest BCUT2D eigenvalue weighted by atomic mass is 16.5. The lowest BCUT2D eigenvalue weighted by molar-refractivity contribution is 0.0665. The van der Waals surface area contributed by atoms with Crippen LogP contribution in [0.2, 0.25) is 0 Å². The third-order valence-corrected chi connectivity index (χ3v) is 2.33. The van der Waals surface area contributed by atoms with E-state index in [4.69, 9.17) is 15.2 Å². The van der Waals surface area contributed by atoms with Gasteiger partial charge in [-0.05, 0) is 19.8 Å². The van der Waals surface area contributed by atoms with E-state index in [-0.39, 0.29) is 6.10 Å². The van der Waals surface area contributed by atoms with E-state index in [2.05, 4.69) is 9.97 Å². The minimum absolute atomic E-state index is 0.180. The van der Waals surface area contributed by atoms with Crippen LogP contribution >= 0.6 is 0 Å². The fourth-order valence-corrected chi connectivity index (χ4v) is 1.52. The topological polar surface area (TPSA) is 70.3 Å². The number of hydrogen-bond donors (Lipinski definition) is 1. The number of rotatable bonds is 3. The van der Waals surface area contributed by atoms with Gasteiger partial charge in [-0.1, -0.05) is 0 Å². The lowest BCUT2D eigenvalue weighted by Gasteiger charge is -2.11. The van der Waals surface area contributed by atoms with Crippen LogP contribution in [0, 0.1) is 6.92 Å². The molecule has 0 saturated carbocycles. The second-order valence-electron chi connectivity index (χ2n) is 3.62. The smallest absolute Gasteiger partial charge is 0.240 e. The minimum Gasteiger partial charge on any atom is -0.473 e. The Labute approximate surface area is 88.6 Å². The van der Waals surface area contributed by atoms with E-state index in [1.807, 2.05) is 0 Å². The van der Waals surface area contributed by atoms with Crippen molar-refractivity contribution in [2.75, 3.05) is 18.9 Å². The quantitative estimate of drug-likeness (QED) is 0.801. The van der Waals surface area contributed by atoms with Crippen molar-refractivity contribution < 1.29 is 9.47 Å². The standard InChI is InChI=1S/C10H15N3O2/c1-7-12-5-9(11)10(13-7)15-6-8-3-2-4-14-8/h5,8H,2-4,6,11H2,1H3. The van der Waals surface area contributed by atoms with Gasteiger partial charge in [0.25, 0.3) is 0 Å². The molecule has 1 aliphatic rings. The number of aryl methyl sites for hydroxylation is 1. The Balaban J connectivity index is 1.94. The second-order valence-corrected chi connectivity index (χ2v) is 3.62. The Bertz CT molecular complexity index is 337. The molecular weight excluding hydrogens is 194 g/mol. The zero-order chi connectivity index (χ0) is 10.7. The molecule has 0 radical (unpaired) electrons. The number of aromatic nitrogens is 2. The molecule has 5 nitrogen and oxygen atoms in total. The largest absolute Gasteiger partial charge is 0.473 e. The van der Waals surface area contributed by atoms with Gasteiger partial charge in [0.1, 0.15) is 18.1 Å². The monoisotopic (exact) mass is 209 g/mol. The number of ether oxygens (including phenoxy) is 2. The molecule has 1 aromatic rings. The summed E-state index contributed by atoms with van der Waals surface area (Å²) in [5.41, 5.74) is 6.15. The predicted molar refractivity (Wildman–Crippen MR) is 55.7 cm³/mol. The summed E-state index contributed by atoms with van der Waals surface area (Å²) in [4.78, 5) is 8.09. The number of nitrogen functional groups attached to an aromatic ring is 1. The van der Waals surface area contributed by atoms with E-state index >= 15 is 0 Å². The highest BCUT2D eigenvalue weighted by molar-refractivity contribution is 5.45. The van der Waals surface area contributed by atoms with Gasteiger partial charge in [0.05, 0.1) is 12.3 Å². The van der Waals surface area contributed by atoms with Gasteiger partial charge < -0.3 is 15.2 Å². The molecule has 0 aliphatic carbocycles. The van der Waals surface area contributed by atoms with Crippen molar-refractivity contribution in [3.05, 3.63) is 12.0 Å². The van der Waals surface area contributed by atoms with Gasteiger partial charge in [0.2, 0.25) is 5.88 Å². The van der Waals surface area contributed by atoms with Crippen molar-refractivity contribution in [3.63, 3.8) is 0 Å². The Morgan fingerprint density at radius 3 is 3.27 bits per heavy atom. The minimum atomic E-state index is 0.180. The predicted octanol–water partition coefficient (Wildman–Crippen LogP) is 0.925. The van der Waals surface area contributed by atoms with Gasteiger partial charge in [0, 0.05) is 6.61 Å². The maximum Gasteiger partial charge on any atom is 0.240 e. The van der Waals surface area contributed by atoms with Crippen molar-refractivity contribution in [3.8, 4) is 5.88 Å². The molecule has 1 atom stereocenters. The van der Waals surface area contributed by atoms with Gasteiger partial charge >= 0.3 is 0 Å². The first-order valence-corrected chi connectivity index (χ1v) is 5.09. The van der Waals surface area contributed by atoms with Gasteiger partial charge in [-0.2, -0.15) is 4.98 Å². The molecule has 0 bridgehead atoms. The fraction of sp³-hybridized carbons (Fsp3) is 0.600.